The Bertz CT molecular complexity index is 1220. The highest BCUT2D eigenvalue weighted by Gasteiger charge is 2.26. The normalized spacial score (nSPS) is 13.1. The molecule has 1 heterocycles. The number of anilines is 2. The third-order valence-corrected chi connectivity index (χ3v) is 5.10. The summed E-state index contributed by atoms with van der Waals surface area (Å²) in [6.07, 6.45) is -0.0269. The van der Waals surface area contributed by atoms with Gasteiger partial charge in [0.15, 0.2) is 5.78 Å². The number of rotatable bonds is 5. The van der Waals surface area contributed by atoms with Crippen LogP contribution >= 0.6 is 0 Å². The fraction of sp³-hybridized carbons (Fsp3) is 0.120. The Morgan fingerprint density at radius 2 is 1.69 bits per heavy atom. The Labute approximate surface area is 184 Å². The van der Waals surface area contributed by atoms with Gasteiger partial charge in [-0.2, -0.15) is 0 Å². The van der Waals surface area contributed by atoms with Crippen LogP contribution in [0.1, 0.15) is 29.3 Å². The van der Waals surface area contributed by atoms with Crippen LogP contribution in [0.3, 0.4) is 0 Å². The standard InChI is InChI=1S/C25H20FN3O3/c1-16(30)17-8-12-20(13-9-17)27-24(31)15-29-23-5-3-2-4-21(23)28-22(14-25(29)32)18-6-10-19(26)11-7-18/h2-13H,14-15H2,1H3,(H,27,31). The number of aliphatic imine (C=N–C) groups is 1. The zero-order chi connectivity index (χ0) is 22.7. The molecular formula is C25H20FN3O3. The monoisotopic (exact) mass is 429 g/mol. The van der Waals surface area contributed by atoms with Gasteiger partial charge in [-0.3, -0.25) is 19.4 Å². The molecule has 0 bridgehead atoms. The van der Waals surface area contributed by atoms with Crippen molar-refractivity contribution < 1.29 is 18.8 Å². The van der Waals surface area contributed by atoms with E-state index in [4.69, 9.17) is 0 Å². The van der Waals surface area contributed by atoms with Gasteiger partial charge in [0.1, 0.15) is 12.4 Å². The second kappa shape index (κ2) is 8.93. The summed E-state index contributed by atoms with van der Waals surface area (Å²) < 4.78 is 13.3. The third-order valence-electron chi connectivity index (χ3n) is 5.10. The van der Waals surface area contributed by atoms with Crippen molar-refractivity contribution in [3.8, 4) is 0 Å². The highest BCUT2D eigenvalue weighted by Crippen LogP contribution is 2.32. The van der Waals surface area contributed by atoms with Crippen LogP contribution in [0.2, 0.25) is 0 Å². The third kappa shape index (κ3) is 4.62. The Morgan fingerprint density at radius 1 is 1.00 bits per heavy atom. The number of Topliss-reactive ketones (excluding diaryl/α,β-unsaturated/α-hetero) is 1. The number of amides is 2. The lowest BCUT2D eigenvalue weighted by Crippen LogP contribution is -2.38. The van der Waals surface area contributed by atoms with Crippen LogP contribution < -0.4 is 10.2 Å². The molecule has 3 aromatic carbocycles. The minimum atomic E-state index is -0.381. The number of halogens is 1. The van der Waals surface area contributed by atoms with Crippen LogP contribution in [0, 0.1) is 5.82 Å². The molecule has 0 unspecified atom stereocenters. The molecule has 0 saturated heterocycles. The van der Waals surface area contributed by atoms with Crippen molar-refractivity contribution in [1.29, 1.82) is 0 Å². The topological polar surface area (TPSA) is 78.8 Å². The zero-order valence-corrected chi connectivity index (χ0v) is 17.3. The van der Waals surface area contributed by atoms with Crippen molar-refractivity contribution >= 4 is 40.4 Å². The van der Waals surface area contributed by atoms with Gasteiger partial charge in [-0.05, 0) is 61.0 Å². The summed E-state index contributed by atoms with van der Waals surface area (Å²) in [4.78, 5) is 43.2. The average Bonchev–Trinajstić information content (AvgIpc) is 2.91. The number of ketones is 1. The van der Waals surface area contributed by atoms with Crippen LogP contribution in [0.15, 0.2) is 77.8 Å². The highest BCUT2D eigenvalue weighted by molar-refractivity contribution is 6.19. The van der Waals surface area contributed by atoms with E-state index < -0.39 is 0 Å². The van der Waals surface area contributed by atoms with Crippen LogP contribution in [-0.2, 0) is 9.59 Å². The molecule has 0 atom stereocenters. The number of benzene rings is 3. The van der Waals surface area contributed by atoms with Crippen molar-refractivity contribution in [2.75, 3.05) is 16.8 Å². The van der Waals surface area contributed by atoms with Crippen molar-refractivity contribution in [2.24, 2.45) is 4.99 Å². The van der Waals surface area contributed by atoms with Gasteiger partial charge in [0, 0.05) is 11.3 Å². The lowest BCUT2D eigenvalue weighted by molar-refractivity contribution is -0.120. The second-order valence-electron chi connectivity index (χ2n) is 7.39. The van der Waals surface area contributed by atoms with Gasteiger partial charge in [0.25, 0.3) is 0 Å². The van der Waals surface area contributed by atoms with Gasteiger partial charge in [-0.15, -0.1) is 0 Å². The van der Waals surface area contributed by atoms with Gasteiger partial charge in [0.05, 0.1) is 23.5 Å². The number of para-hydroxylation sites is 2. The maximum Gasteiger partial charge on any atom is 0.244 e. The molecule has 4 rings (SSSR count). The maximum atomic E-state index is 13.3. The molecule has 0 saturated carbocycles. The lowest BCUT2D eigenvalue weighted by Gasteiger charge is -2.22. The minimum absolute atomic E-state index is 0.0269. The molecule has 1 N–H and O–H groups in total. The number of nitrogens with zero attached hydrogens (tertiary/aromatic N) is 2. The molecule has 160 valence electrons. The molecule has 0 spiro atoms. The first-order chi connectivity index (χ1) is 15.4. The largest absolute Gasteiger partial charge is 0.325 e. The summed E-state index contributed by atoms with van der Waals surface area (Å²) >= 11 is 0. The van der Waals surface area contributed by atoms with E-state index in [1.165, 1.54) is 24.0 Å². The van der Waals surface area contributed by atoms with Gasteiger partial charge in [-0.25, -0.2) is 4.39 Å². The number of carbonyl (C=O) groups is 3. The van der Waals surface area contributed by atoms with Gasteiger partial charge < -0.3 is 10.2 Å². The van der Waals surface area contributed by atoms with E-state index in [1.54, 1.807) is 60.7 Å². The second-order valence-corrected chi connectivity index (χ2v) is 7.39. The molecule has 3 aromatic rings. The lowest BCUT2D eigenvalue weighted by atomic mass is 10.1. The summed E-state index contributed by atoms with van der Waals surface area (Å²) in [7, 11) is 0. The fourth-order valence-electron chi connectivity index (χ4n) is 3.46. The SMILES string of the molecule is CC(=O)c1ccc(NC(=O)CN2C(=O)CC(c3ccc(F)cc3)=Nc3ccccc32)cc1. The molecule has 0 fully saturated rings. The van der Waals surface area contributed by atoms with Crippen LogP contribution in [0.4, 0.5) is 21.5 Å². The Kier molecular flexibility index (Phi) is 5.89. The van der Waals surface area contributed by atoms with Crippen LogP contribution in [-0.4, -0.2) is 29.9 Å². The molecule has 6 nitrogen and oxygen atoms in total. The molecule has 0 aliphatic carbocycles. The molecule has 0 radical (unpaired) electrons. The molecular weight excluding hydrogens is 409 g/mol. The smallest absolute Gasteiger partial charge is 0.244 e. The van der Waals surface area contributed by atoms with Gasteiger partial charge >= 0.3 is 0 Å². The van der Waals surface area contributed by atoms with E-state index in [1.807, 2.05) is 0 Å². The summed E-state index contributed by atoms with van der Waals surface area (Å²) in [6.45, 7) is 1.27. The number of fused-ring (bicyclic) bond motifs is 1. The van der Waals surface area contributed by atoms with E-state index in [-0.39, 0.29) is 36.4 Å². The van der Waals surface area contributed by atoms with Gasteiger partial charge in [-0.1, -0.05) is 24.3 Å². The maximum absolute atomic E-state index is 13.3. The average molecular weight is 429 g/mol. The summed E-state index contributed by atoms with van der Waals surface area (Å²) in [6, 6.07) is 19.4. The van der Waals surface area contributed by atoms with E-state index in [2.05, 4.69) is 10.3 Å². The number of carbonyl (C=O) groups excluding carboxylic acids is 3. The van der Waals surface area contributed by atoms with Crippen molar-refractivity contribution in [3.63, 3.8) is 0 Å². The van der Waals surface area contributed by atoms with E-state index in [0.29, 0.717) is 33.9 Å². The fourth-order valence-corrected chi connectivity index (χ4v) is 3.46. The summed E-state index contributed by atoms with van der Waals surface area (Å²) in [5.41, 5.74) is 3.30. The Morgan fingerprint density at radius 3 is 2.38 bits per heavy atom. The first-order valence-electron chi connectivity index (χ1n) is 10.0. The molecule has 2 amide bonds. The van der Waals surface area contributed by atoms with E-state index in [0.717, 1.165) is 0 Å². The predicted molar refractivity (Wildman–Crippen MR) is 121 cm³/mol. The molecule has 7 heteroatoms. The number of hydrogen-bond donors (Lipinski definition) is 1. The van der Waals surface area contributed by atoms with E-state index >= 15 is 0 Å². The zero-order valence-electron chi connectivity index (χ0n) is 17.3. The van der Waals surface area contributed by atoms with Crippen molar-refractivity contribution in [2.45, 2.75) is 13.3 Å². The molecule has 1 aliphatic heterocycles. The predicted octanol–water partition coefficient (Wildman–Crippen LogP) is 4.52. The van der Waals surface area contributed by atoms with Crippen LogP contribution in [0.5, 0.6) is 0 Å². The summed E-state index contributed by atoms with van der Waals surface area (Å²) in [5.74, 6) is -1.11. The minimum Gasteiger partial charge on any atom is -0.325 e. The highest BCUT2D eigenvalue weighted by atomic mass is 19.1. The first kappa shape index (κ1) is 21.1. The number of nitrogens with one attached hydrogen (secondary N) is 1. The van der Waals surface area contributed by atoms with Crippen molar-refractivity contribution in [3.05, 3.63) is 89.7 Å². The van der Waals surface area contributed by atoms with Crippen molar-refractivity contribution in [1.82, 2.24) is 0 Å². The molecule has 0 aromatic heterocycles. The Balaban J connectivity index is 1.56. The molecule has 1 aliphatic rings. The molecule has 32 heavy (non-hydrogen) atoms. The van der Waals surface area contributed by atoms with Gasteiger partial charge in [0.2, 0.25) is 11.8 Å². The van der Waals surface area contributed by atoms with Crippen LogP contribution in [0.25, 0.3) is 0 Å². The Hall–Kier alpha value is -4.13. The number of hydrogen-bond acceptors (Lipinski definition) is 4. The quantitative estimate of drug-likeness (QED) is 0.606. The summed E-state index contributed by atoms with van der Waals surface area (Å²) in [5, 5.41) is 2.75. The van der Waals surface area contributed by atoms with E-state index in [9.17, 15) is 18.8 Å². The first-order valence-corrected chi connectivity index (χ1v) is 10.0.